The van der Waals surface area contributed by atoms with E-state index in [-0.39, 0.29) is 29.3 Å². The van der Waals surface area contributed by atoms with Crippen molar-refractivity contribution in [2.45, 2.75) is 64.1 Å². The Hall–Kier alpha value is -3.57. The van der Waals surface area contributed by atoms with Gasteiger partial charge in [-0.05, 0) is 43.5 Å². The van der Waals surface area contributed by atoms with E-state index in [9.17, 15) is 24.8 Å². The highest BCUT2D eigenvalue weighted by atomic mass is 31.2. The maximum atomic E-state index is 13.9. The lowest BCUT2D eigenvalue weighted by Gasteiger charge is -2.33. The molecule has 1 fully saturated rings. The van der Waals surface area contributed by atoms with Gasteiger partial charge in [0.15, 0.2) is 5.82 Å². The smallest absolute Gasteiger partial charge is 0.459 e. The first-order chi connectivity index (χ1) is 19.6. The highest BCUT2D eigenvalue weighted by Crippen LogP contribution is 2.50. The van der Waals surface area contributed by atoms with Crippen LogP contribution in [0.15, 0.2) is 48.8 Å². The van der Waals surface area contributed by atoms with E-state index < -0.39 is 49.8 Å². The van der Waals surface area contributed by atoms with E-state index in [0.717, 1.165) is 0 Å². The number of carbonyl (C=O) groups is 1. The van der Waals surface area contributed by atoms with Crippen molar-refractivity contribution in [2.24, 2.45) is 5.41 Å². The van der Waals surface area contributed by atoms with Gasteiger partial charge in [-0.1, -0.05) is 39.0 Å². The van der Waals surface area contributed by atoms with E-state index in [4.69, 9.17) is 24.3 Å². The minimum absolute atomic E-state index is 0.0812. The molecule has 42 heavy (non-hydrogen) atoms. The van der Waals surface area contributed by atoms with Crippen LogP contribution >= 0.6 is 7.75 Å². The van der Waals surface area contributed by atoms with E-state index in [0.29, 0.717) is 5.52 Å². The number of nitrogens with one attached hydrogen (secondary N) is 1. The molecule has 0 bridgehead atoms. The number of nitrogens with two attached hydrogens (primary N) is 1. The van der Waals surface area contributed by atoms with Crippen molar-refractivity contribution < 1.29 is 38.1 Å². The third kappa shape index (κ3) is 6.12. The van der Waals surface area contributed by atoms with E-state index in [1.165, 1.54) is 42.9 Å². The van der Waals surface area contributed by atoms with Gasteiger partial charge in [-0.25, -0.2) is 14.1 Å². The van der Waals surface area contributed by atoms with E-state index in [1.807, 2.05) is 26.8 Å². The molecule has 2 aromatic heterocycles. The molecule has 3 heterocycles. The number of anilines is 1. The Bertz CT molecular complexity index is 1520. The van der Waals surface area contributed by atoms with Crippen LogP contribution in [0.5, 0.6) is 5.75 Å². The van der Waals surface area contributed by atoms with E-state index >= 15 is 0 Å². The van der Waals surface area contributed by atoms with Crippen LogP contribution in [-0.2, 0) is 29.0 Å². The molecule has 14 nitrogen and oxygen atoms in total. The molecule has 5 N–H and O–H groups in total. The average molecular weight is 603 g/mol. The number of aliphatic hydroxyl groups is 2. The third-order valence-corrected chi connectivity index (χ3v) is 8.34. The van der Waals surface area contributed by atoms with Crippen molar-refractivity contribution in [3.05, 3.63) is 54.5 Å². The first-order valence-corrected chi connectivity index (χ1v) is 14.7. The number of nitriles is 1. The number of aromatic nitrogens is 3. The van der Waals surface area contributed by atoms with E-state index in [2.05, 4.69) is 15.2 Å². The van der Waals surface area contributed by atoms with Gasteiger partial charge in [-0.2, -0.15) is 15.4 Å². The van der Waals surface area contributed by atoms with Gasteiger partial charge < -0.3 is 29.9 Å². The summed E-state index contributed by atoms with van der Waals surface area (Å²) in [5.74, 6) is -0.384. The third-order valence-electron chi connectivity index (χ3n) is 6.70. The fourth-order valence-corrected chi connectivity index (χ4v) is 5.93. The summed E-state index contributed by atoms with van der Waals surface area (Å²) in [4.78, 5) is 16.5. The predicted molar refractivity (Wildman–Crippen MR) is 150 cm³/mol. The van der Waals surface area contributed by atoms with Crippen LogP contribution in [0.2, 0.25) is 0 Å². The van der Waals surface area contributed by atoms with Gasteiger partial charge in [0.1, 0.15) is 47.5 Å². The zero-order valence-electron chi connectivity index (χ0n) is 23.9. The van der Waals surface area contributed by atoms with Gasteiger partial charge in [0, 0.05) is 0 Å². The summed E-state index contributed by atoms with van der Waals surface area (Å²) in [6.07, 6.45) is -1.89. The first kappa shape index (κ1) is 31.4. The highest BCUT2D eigenvalue weighted by molar-refractivity contribution is 7.52. The quantitative estimate of drug-likeness (QED) is 0.195. The Balaban J connectivity index is 1.59. The number of fused-ring (bicyclic) bond motifs is 1. The second-order valence-electron chi connectivity index (χ2n) is 11.4. The second kappa shape index (κ2) is 11.6. The molecule has 1 unspecified atom stereocenters. The van der Waals surface area contributed by atoms with Crippen LogP contribution in [0, 0.1) is 16.7 Å². The van der Waals surface area contributed by atoms with Crippen molar-refractivity contribution in [3.63, 3.8) is 0 Å². The van der Waals surface area contributed by atoms with Crippen LogP contribution in [0.4, 0.5) is 5.82 Å². The summed E-state index contributed by atoms with van der Waals surface area (Å²) in [7, 11) is -4.34. The lowest BCUT2D eigenvalue weighted by atomic mass is 9.80. The minimum atomic E-state index is -4.34. The average Bonchev–Trinajstić information content (AvgIpc) is 3.44. The number of para-hydroxylation sites is 1. The number of rotatable bonds is 10. The minimum Gasteiger partial charge on any atom is -0.464 e. The Morgan fingerprint density at radius 1 is 1.31 bits per heavy atom. The number of nitrogen functional groups attached to an aromatic ring is 1. The first-order valence-electron chi connectivity index (χ1n) is 13.1. The van der Waals surface area contributed by atoms with Gasteiger partial charge in [-0.3, -0.25) is 9.32 Å². The molecular weight excluding hydrogens is 567 g/mol. The summed E-state index contributed by atoms with van der Waals surface area (Å²) < 4.78 is 37.8. The zero-order valence-corrected chi connectivity index (χ0v) is 24.8. The largest absolute Gasteiger partial charge is 0.464 e. The van der Waals surface area contributed by atoms with Crippen LogP contribution < -0.4 is 15.3 Å². The molecule has 3 aromatic rings. The molecular formula is C27H35N6O8P. The normalized spacial score (nSPS) is 26.3. The molecule has 0 amide bonds. The molecule has 1 aromatic carbocycles. The Morgan fingerprint density at radius 2 is 2.00 bits per heavy atom. The number of esters is 1. The monoisotopic (exact) mass is 602 g/mol. The molecule has 15 heteroatoms. The Labute approximate surface area is 242 Å². The fourth-order valence-electron chi connectivity index (χ4n) is 4.43. The van der Waals surface area contributed by atoms with Crippen molar-refractivity contribution >= 4 is 25.1 Å². The number of ether oxygens (including phenoxy) is 2. The molecule has 6 atom stereocenters. The summed E-state index contributed by atoms with van der Waals surface area (Å²) in [6.45, 7) is 7.87. The summed E-state index contributed by atoms with van der Waals surface area (Å²) in [6, 6.07) is 12.0. The van der Waals surface area contributed by atoms with Gasteiger partial charge >= 0.3 is 13.7 Å². The van der Waals surface area contributed by atoms with Crippen LogP contribution in [0.1, 0.15) is 40.3 Å². The Kier molecular flexibility index (Phi) is 8.67. The molecule has 0 saturated carbocycles. The van der Waals surface area contributed by atoms with Crippen molar-refractivity contribution in [1.29, 1.82) is 5.26 Å². The van der Waals surface area contributed by atoms with Crippen molar-refractivity contribution in [2.75, 3.05) is 18.9 Å². The molecule has 0 aliphatic carbocycles. The standard InChI is InChI=1S/C27H35N6O8P/c1-17(24(35)38-15-25(2,3)4)32-42(37,41-18-9-7-6-8-10-18)39-13-20-22(34)26(5,36)27(14-28,40-20)21-12-11-19-23(29)30-16-31-33(19)21/h6-12,16-17,20,22,34,36H,13,15H2,1-5H3,(H,32,37)(H2,29,30,31)/t17-,20+,22+,26+,27-,42?/m0/s1. The van der Waals surface area contributed by atoms with Crippen molar-refractivity contribution in [3.8, 4) is 11.8 Å². The van der Waals surface area contributed by atoms with Crippen LogP contribution in [0.3, 0.4) is 0 Å². The van der Waals surface area contributed by atoms with Crippen LogP contribution in [-0.4, -0.2) is 67.8 Å². The molecule has 1 aliphatic heterocycles. The summed E-state index contributed by atoms with van der Waals surface area (Å²) in [5.41, 5.74) is 1.73. The summed E-state index contributed by atoms with van der Waals surface area (Å²) >= 11 is 0. The Morgan fingerprint density at radius 3 is 2.64 bits per heavy atom. The van der Waals surface area contributed by atoms with Gasteiger partial charge in [-0.15, -0.1) is 0 Å². The fraction of sp³-hybridized carbons (Fsp3) is 0.481. The lowest BCUT2D eigenvalue weighted by Crippen LogP contribution is -2.52. The van der Waals surface area contributed by atoms with Gasteiger partial charge in [0.2, 0.25) is 5.60 Å². The number of nitrogens with zero attached hydrogens (tertiary/aromatic N) is 4. The number of hydrogen-bond acceptors (Lipinski definition) is 12. The van der Waals surface area contributed by atoms with Crippen molar-refractivity contribution in [1.82, 2.24) is 19.7 Å². The number of aliphatic hydroxyl groups excluding tert-OH is 1. The van der Waals surface area contributed by atoms with Gasteiger partial charge in [0.25, 0.3) is 0 Å². The molecule has 4 rings (SSSR count). The number of hydrogen-bond donors (Lipinski definition) is 4. The lowest BCUT2D eigenvalue weighted by molar-refractivity contribution is -0.148. The topological polar surface area (TPSA) is 204 Å². The van der Waals surface area contributed by atoms with E-state index in [1.54, 1.807) is 24.3 Å². The molecule has 0 radical (unpaired) electrons. The summed E-state index contributed by atoms with van der Waals surface area (Å²) in [5, 5.41) is 39.5. The molecule has 226 valence electrons. The predicted octanol–water partition coefficient (Wildman–Crippen LogP) is 2.31. The zero-order chi connectivity index (χ0) is 30.9. The molecule has 1 saturated heterocycles. The van der Waals surface area contributed by atoms with Crippen LogP contribution in [0.25, 0.3) is 5.52 Å². The number of benzene rings is 1. The molecule has 0 spiro atoms. The second-order valence-corrected chi connectivity index (χ2v) is 13.1. The maximum absolute atomic E-state index is 13.9. The van der Waals surface area contributed by atoms with Gasteiger partial charge in [0.05, 0.1) is 18.9 Å². The molecule has 1 aliphatic rings. The number of carbonyl (C=O) groups excluding carboxylic acids is 1. The highest BCUT2D eigenvalue weighted by Gasteiger charge is 2.65. The maximum Gasteiger partial charge on any atom is 0.459 e. The SMILES string of the molecule is C[C@H](NP(=O)(OC[C@H]1O[C@@](C#N)(c2ccc3c(N)ncnn23)[C@](C)(O)[C@@H]1O)Oc1ccccc1)C(=O)OCC(C)(C)C.